The Morgan fingerprint density at radius 3 is 2.62 bits per heavy atom. The van der Waals surface area contributed by atoms with Gasteiger partial charge in [0, 0.05) is 0 Å². The molecule has 0 aliphatic rings. The lowest BCUT2D eigenvalue weighted by atomic mass is 10.0. The van der Waals surface area contributed by atoms with Gasteiger partial charge >= 0.3 is 0 Å². The highest BCUT2D eigenvalue weighted by atomic mass is 32.2. The SMILES string of the molecule is CC(NC(=O)CSc1nnc(C(C)Oc2ccccc2F)o1)c1ccc2ccccc2c1. The monoisotopic (exact) mass is 451 g/mol. The first-order valence-corrected chi connectivity index (χ1v) is 11.1. The van der Waals surface area contributed by atoms with Crippen molar-refractivity contribution in [1.29, 1.82) is 0 Å². The van der Waals surface area contributed by atoms with E-state index in [2.05, 4.69) is 27.6 Å². The van der Waals surface area contributed by atoms with Gasteiger partial charge < -0.3 is 14.5 Å². The number of ether oxygens (including phenoxy) is 1. The molecule has 0 aliphatic heterocycles. The summed E-state index contributed by atoms with van der Waals surface area (Å²) >= 11 is 1.13. The summed E-state index contributed by atoms with van der Waals surface area (Å²) in [6.45, 7) is 3.63. The zero-order valence-electron chi connectivity index (χ0n) is 17.6. The lowest BCUT2D eigenvalue weighted by Gasteiger charge is -2.14. The Morgan fingerprint density at radius 2 is 1.81 bits per heavy atom. The Balaban J connectivity index is 1.30. The molecule has 0 saturated heterocycles. The van der Waals surface area contributed by atoms with E-state index in [1.54, 1.807) is 19.1 Å². The Labute approximate surface area is 189 Å². The second-order valence-electron chi connectivity index (χ2n) is 7.28. The van der Waals surface area contributed by atoms with Crippen LogP contribution in [0.5, 0.6) is 5.75 Å². The van der Waals surface area contributed by atoms with E-state index in [9.17, 15) is 9.18 Å². The highest BCUT2D eigenvalue weighted by Crippen LogP contribution is 2.26. The average molecular weight is 452 g/mol. The van der Waals surface area contributed by atoms with Crippen molar-refractivity contribution in [3.05, 3.63) is 84.0 Å². The number of carbonyl (C=O) groups excluding carboxylic acids is 1. The van der Waals surface area contributed by atoms with Crippen molar-refractivity contribution >= 4 is 28.4 Å². The maximum atomic E-state index is 13.7. The number of hydrogen-bond donors (Lipinski definition) is 1. The predicted molar refractivity (Wildman–Crippen MR) is 121 cm³/mol. The standard InChI is InChI=1S/C24H22FN3O3S/c1-15(18-12-11-17-7-3-4-8-19(17)13-18)26-22(29)14-32-24-28-27-23(31-24)16(2)30-21-10-6-5-9-20(21)25/h3-13,15-16H,14H2,1-2H3,(H,26,29). The summed E-state index contributed by atoms with van der Waals surface area (Å²) in [7, 11) is 0. The van der Waals surface area contributed by atoms with Crippen LogP contribution in [0.15, 0.2) is 76.4 Å². The van der Waals surface area contributed by atoms with Crippen molar-refractivity contribution in [2.45, 2.75) is 31.2 Å². The van der Waals surface area contributed by atoms with Gasteiger partial charge in [0.15, 0.2) is 17.7 Å². The molecular formula is C24H22FN3O3S. The van der Waals surface area contributed by atoms with E-state index < -0.39 is 11.9 Å². The Bertz CT molecular complexity index is 1230. The number of para-hydroxylation sites is 1. The van der Waals surface area contributed by atoms with Crippen LogP contribution < -0.4 is 10.1 Å². The van der Waals surface area contributed by atoms with Crippen LogP contribution in [0.2, 0.25) is 0 Å². The minimum Gasteiger partial charge on any atom is -0.478 e. The van der Waals surface area contributed by atoms with Gasteiger partial charge in [0.1, 0.15) is 0 Å². The number of hydrogen-bond acceptors (Lipinski definition) is 6. The zero-order valence-corrected chi connectivity index (χ0v) is 18.4. The predicted octanol–water partition coefficient (Wildman–Crippen LogP) is 5.47. The van der Waals surface area contributed by atoms with Crippen LogP contribution in [0.1, 0.15) is 37.4 Å². The van der Waals surface area contributed by atoms with Gasteiger partial charge in [0.25, 0.3) is 11.1 Å². The largest absolute Gasteiger partial charge is 0.478 e. The van der Waals surface area contributed by atoms with E-state index in [0.29, 0.717) is 0 Å². The molecule has 0 spiro atoms. The van der Waals surface area contributed by atoms with E-state index >= 15 is 0 Å². The lowest BCUT2D eigenvalue weighted by molar-refractivity contribution is -0.119. The summed E-state index contributed by atoms with van der Waals surface area (Å²) in [5, 5.41) is 13.4. The molecule has 0 fully saturated rings. The van der Waals surface area contributed by atoms with Gasteiger partial charge in [-0.25, -0.2) is 4.39 Å². The third-order valence-corrected chi connectivity index (χ3v) is 5.71. The molecule has 2 unspecified atom stereocenters. The van der Waals surface area contributed by atoms with Crippen molar-refractivity contribution in [2.75, 3.05) is 5.75 Å². The molecule has 1 amide bonds. The molecule has 4 rings (SSSR count). The average Bonchev–Trinajstić information content (AvgIpc) is 3.28. The second kappa shape index (κ2) is 9.82. The van der Waals surface area contributed by atoms with E-state index in [1.807, 2.05) is 37.3 Å². The molecule has 6 nitrogen and oxygen atoms in total. The summed E-state index contributed by atoms with van der Waals surface area (Å²) in [5.74, 6) is -0.172. The minimum atomic E-state index is -0.629. The number of thioether (sulfide) groups is 1. The number of halogens is 1. The van der Waals surface area contributed by atoms with Crippen LogP contribution in [-0.2, 0) is 4.79 Å². The number of benzene rings is 3. The molecule has 8 heteroatoms. The highest BCUT2D eigenvalue weighted by Gasteiger charge is 2.18. The fourth-order valence-electron chi connectivity index (χ4n) is 3.20. The highest BCUT2D eigenvalue weighted by molar-refractivity contribution is 7.99. The van der Waals surface area contributed by atoms with E-state index in [1.165, 1.54) is 12.1 Å². The van der Waals surface area contributed by atoms with Crippen LogP contribution in [-0.4, -0.2) is 21.9 Å². The summed E-state index contributed by atoms with van der Waals surface area (Å²) in [5.41, 5.74) is 1.03. The van der Waals surface area contributed by atoms with Crippen LogP contribution >= 0.6 is 11.8 Å². The number of amides is 1. The summed E-state index contributed by atoms with van der Waals surface area (Å²) in [6.07, 6.45) is -0.629. The van der Waals surface area contributed by atoms with Gasteiger partial charge in [-0.2, -0.15) is 0 Å². The van der Waals surface area contributed by atoms with Crippen LogP contribution in [0.3, 0.4) is 0 Å². The molecular weight excluding hydrogens is 429 g/mol. The molecule has 164 valence electrons. The minimum absolute atomic E-state index is 0.106. The molecule has 1 heterocycles. The van der Waals surface area contributed by atoms with Crippen LogP contribution in [0, 0.1) is 5.82 Å². The van der Waals surface area contributed by atoms with Gasteiger partial charge in [0.05, 0.1) is 11.8 Å². The third-order valence-electron chi connectivity index (χ3n) is 4.89. The molecule has 1 N–H and O–H groups in total. The molecule has 0 bridgehead atoms. The van der Waals surface area contributed by atoms with Crippen LogP contribution in [0.4, 0.5) is 4.39 Å². The summed E-state index contributed by atoms with van der Waals surface area (Å²) in [6, 6.07) is 20.2. The molecule has 32 heavy (non-hydrogen) atoms. The van der Waals surface area contributed by atoms with Crippen molar-refractivity contribution in [3.63, 3.8) is 0 Å². The zero-order chi connectivity index (χ0) is 22.5. The molecule has 1 aromatic heterocycles. The van der Waals surface area contributed by atoms with Crippen molar-refractivity contribution < 1.29 is 18.3 Å². The fraction of sp³-hybridized carbons (Fsp3) is 0.208. The molecule has 2 atom stereocenters. The second-order valence-corrected chi connectivity index (χ2v) is 8.21. The fourth-order valence-corrected chi connectivity index (χ4v) is 3.78. The third kappa shape index (κ3) is 5.26. The number of rotatable bonds is 8. The number of aromatic nitrogens is 2. The topological polar surface area (TPSA) is 77.2 Å². The molecule has 0 radical (unpaired) electrons. The maximum Gasteiger partial charge on any atom is 0.277 e. The Morgan fingerprint density at radius 1 is 1.06 bits per heavy atom. The van der Waals surface area contributed by atoms with Gasteiger partial charge in [-0.1, -0.05) is 60.3 Å². The number of fused-ring (bicyclic) bond motifs is 1. The van der Waals surface area contributed by atoms with E-state index in [-0.39, 0.29) is 34.6 Å². The first-order valence-electron chi connectivity index (χ1n) is 10.1. The summed E-state index contributed by atoms with van der Waals surface area (Å²) in [4.78, 5) is 12.4. The van der Waals surface area contributed by atoms with E-state index in [0.717, 1.165) is 28.1 Å². The number of nitrogens with one attached hydrogen (secondary N) is 1. The van der Waals surface area contributed by atoms with E-state index in [4.69, 9.17) is 9.15 Å². The number of nitrogens with zero attached hydrogens (tertiary/aromatic N) is 2. The molecule has 4 aromatic rings. The molecule has 3 aromatic carbocycles. The Hall–Kier alpha value is -3.39. The first-order chi connectivity index (χ1) is 15.5. The maximum absolute atomic E-state index is 13.7. The van der Waals surface area contributed by atoms with Crippen molar-refractivity contribution in [1.82, 2.24) is 15.5 Å². The normalized spacial score (nSPS) is 13.0. The molecule has 0 saturated carbocycles. The van der Waals surface area contributed by atoms with Gasteiger partial charge in [-0.05, 0) is 48.4 Å². The van der Waals surface area contributed by atoms with Gasteiger partial charge in [0.2, 0.25) is 5.91 Å². The van der Waals surface area contributed by atoms with Gasteiger partial charge in [-0.15, -0.1) is 10.2 Å². The Kier molecular flexibility index (Phi) is 6.70. The quantitative estimate of drug-likeness (QED) is 0.358. The smallest absolute Gasteiger partial charge is 0.277 e. The summed E-state index contributed by atoms with van der Waals surface area (Å²) < 4.78 is 24.8. The first kappa shape index (κ1) is 21.8. The van der Waals surface area contributed by atoms with Crippen molar-refractivity contribution in [2.24, 2.45) is 0 Å². The van der Waals surface area contributed by atoms with Gasteiger partial charge in [-0.3, -0.25) is 4.79 Å². The van der Waals surface area contributed by atoms with Crippen LogP contribution in [0.25, 0.3) is 10.8 Å². The number of carbonyl (C=O) groups is 1. The lowest BCUT2D eigenvalue weighted by Crippen LogP contribution is -2.28. The molecule has 0 aliphatic carbocycles. The van der Waals surface area contributed by atoms with Crippen molar-refractivity contribution in [3.8, 4) is 5.75 Å².